The van der Waals surface area contributed by atoms with Gasteiger partial charge in [0.1, 0.15) is 6.04 Å². The third kappa shape index (κ3) is 12.5. The zero-order valence-corrected chi connectivity index (χ0v) is 12.8. The number of carbonyl (C=O) groups is 1. The van der Waals surface area contributed by atoms with Crippen molar-refractivity contribution in [3.05, 3.63) is 0 Å². The quantitative estimate of drug-likeness (QED) is 0.454. The van der Waals surface area contributed by atoms with E-state index in [4.69, 9.17) is 10.8 Å². The van der Waals surface area contributed by atoms with Crippen molar-refractivity contribution in [1.29, 1.82) is 0 Å². The van der Waals surface area contributed by atoms with E-state index in [9.17, 15) is 9.90 Å². The zero-order chi connectivity index (χ0) is 14.5. The molecule has 0 spiro atoms. The average molecular weight is 291 g/mol. The second-order valence-electron chi connectivity index (χ2n) is 5.02. The first-order chi connectivity index (χ1) is 9.07. The molecule has 0 saturated heterocycles. The van der Waals surface area contributed by atoms with Crippen LogP contribution in [0, 0.1) is 0 Å². The Balaban J connectivity index is 3.30. The molecule has 0 saturated carbocycles. The Kier molecular flexibility index (Phi) is 12.6. The SMILES string of the molecule is CCCCCCCCC(O)CSCCC(N)C(=O)O. The van der Waals surface area contributed by atoms with Gasteiger partial charge in [0, 0.05) is 5.75 Å². The second kappa shape index (κ2) is 12.8. The molecule has 4 N–H and O–H groups in total. The van der Waals surface area contributed by atoms with Gasteiger partial charge in [0.2, 0.25) is 0 Å². The molecule has 0 aromatic heterocycles. The zero-order valence-electron chi connectivity index (χ0n) is 12.0. The first-order valence-electron chi connectivity index (χ1n) is 7.32. The smallest absolute Gasteiger partial charge is 0.320 e. The van der Waals surface area contributed by atoms with Crippen molar-refractivity contribution in [3.63, 3.8) is 0 Å². The number of thioether (sulfide) groups is 1. The molecule has 0 heterocycles. The molecule has 0 aromatic rings. The number of aliphatic hydroxyl groups is 1. The van der Waals surface area contributed by atoms with Gasteiger partial charge in [0.15, 0.2) is 0 Å². The van der Waals surface area contributed by atoms with Gasteiger partial charge < -0.3 is 15.9 Å². The van der Waals surface area contributed by atoms with Crippen LogP contribution in [0.5, 0.6) is 0 Å². The summed E-state index contributed by atoms with van der Waals surface area (Å²) in [5.41, 5.74) is 5.40. The number of unbranched alkanes of at least 4 members (excludes halogenated alkanes) is 5. The minimum absolute atomic E-state index is 0.266. The summed E-state index contributed by atoms with van der Waals surface area (Å²) in [7, 11) is 0. The molecule has 0 aliphatic rings. The van der Waals surface area contributed by atoms with E-state index in [1.54, 1.807) is 11.8 Å². The van der Waals surface area contributed by atoms with Gasteiger partial charge in [-0.3, -0.25) is 4.79 Å². The summed E-state index contributed by atoms with van der Waals surface area (Å²) < 4.78 is 0. The molecular weight excluding hydrogens is 262 g/mol. The van der Waals surface area contributed by atoms with Gasteiger partial charge in [-0.25, -0.2) is 0 Å². The minimum atomic E-state index is -0.951. The molecule has 0 bridgehead atoms. The van der Waals surface area contributed by atoms with Crippen molar-refractivity contribution in [2.75, 3.05) is 11.5 Å². The van der Waals surface area contributed by atoms with Crippen LogP contribution in [0.2, 0.25) is 0 Å². The first kappa shape index (κ1) is 18.7. The molecule has 0 radical (unpaired) electrons. The number of rotatable bonds is 13. The molecule has 4 nitrogen and oxygen atoms in total. The van der Waals surface area contributed by atoms with Gasteiger partial charge in [0.25, 0.3) is 0 Å². The summed E-state index contributed by atoms with van der Waals surface area (Å²) in [5, 5.41) is 18.4. The number of carboxylic acid groups (broad SMARTS) is 1. The highest BCUT2D eigenvalue weighted by atomic mass is 32.2. The number of aliphatic hydroxyl groups excluding tert-OH is 1. The van der Waals surface area contributed by atoms with E-state index in [-0.39, 0.29) is 6.10 Å². The van der Waals surface area contributed by atoms with Crippen molar-refractivity contribution in [1.82, 2.24) is 0 Å². The van der Waals surface area contributed by atoms with Crippen LogP contribution >= 0.6 is 11.8 Å². The monoisotopic (exact) mass is 291 g/mol. The Morgan fingerprint density at radius 2 is 1.79 bits per heavy atom. The Labute approximate surface area is 121 Å². The molecule has 0 fully saturated rings. The summed E-state index contributed by atoms with van der Waals surface area (Å²) in [6, 6.07) is -0.775. The molecule has 0 aromatic carbocycles. The molecule has 0 aliphatic heterocycles. The number of hydrogen-bond acceptors (Lipinski definition) is 4. The maximum Gasteiger partial charge on any atom is 0.320 e. The van der Waals surface area contributed by atoms with Crippen LogP contribution in [0.15, 0.2) is 0 Å². The normalized spacial score (nSPS) is 14.3. The lowest BCUT2D eigenvalue weighted by atomic mass is 10.1. The van der Waals surface area contributed by atoms with Crippen LogP contribution in [0.25, 0.3) is 0 Å². The average Bonchev–Trinajstić information content (AvgIpc) is 2.38. The number of hydrogen-bond donors (Lipinski definition) is 3. The van der Waals surface area contributed by atoms with E-state index in [1.807, 2.05) is 0 Å². The lowest BCUT2D eigenvalue weighted by Gasteiger charge is -2.11. The molecule has 0 amide bonds. The number of nitrogens with two attached hydrogens (primary N) is 1. The Morgan fingerprint density at radius 3 is 2.42 bits per heavy atom. The summed E-state index contributed by atoms with van der Waals surface area (Å²) in [5.74, 6) is 0.427. The van der Waals surface area contributed by atoms with Crippen LogP contribution in [-0.4, -0.2) is 39.8 Å². The lowest BCUT2D eigenvalue weighted by molar-refractivity contribution is -0.138. The van der Waals surface area contributed by atoms with Gasteiger partial charge >= 0.3 is 5.97 Å². The Hall–Kier alpha value is -0.260. The van der Waals surface area contributed by atoms with E-state index in [1.165, 1.54) is 32.1 Å². The molecule has 5 heteroatoms. The fraction of sp³-hybridized carbons (Fsp3) is 0.929. The highest BCUT2D eigenvalue weighted by Crippen LogP contribution is 2.13. The second-order valence-corrected chi connectivity index (χ2v) is 6.17. The van der Waals surface area contributed by atoms with Gasteiger partial charge in [-0.2, -0.15) is 11.8 Å². The van der Waals surface area contributed by atoms with E-state index in [0.717, 1.165) is 12.8 Å². The maximum atomic E-state index is 10.5. The van der Waals surface area contributed by atoms with Crippen LogP contribution in [0.4, 0.5) is 0 Å². The van der Waals surface area contributed by atoms with Crippen LogP contribution < -0.4 is 5.73 Å². The standard InChI is InChI=1S/C14H29NO3S/c1-2-3-4-5-6-7-8-12(16)11-19-10-9-13(15)14(17)18/h12-13,16H,2-11,15H2,1H3,(H,17,18). The maximum absolute atomic E-state index is 10.5. The molecular formula is C14H29NO3S. The Morgan fingerprint density at radius 1 is 1.16 bits per heavy atom. The van der Waals surface area contributed by atoms with E-state index < -0.39 is 12.0 Å². The van der Waals surface area contributed by atoms with Gasteiger partial charge in [-0.15, -0.1) is 0 Å². The Bertz CT molecular complexity index is 227. The molecule has 2 atom stereocenters. The minimum Gasteiger partial charge on any atom is -0.480 e. The van der Waals surface area contributed by atoms with E-state index in [0.29, 0.717) is 17.9 Å². The third-order valence-corrected chi connectivity index (χ3v) is 4.24. The summed E-state index contributed by atoms with van der Waals surface area (Å²) in [4.78, 5) is 10.5. The van der Waals surface area contributed by atoms with Crippen molar-refractivity contribution in [2.24, 2.45) is 5.73 Å². The van der Waals surface area contributed by atoms with E-state index in [2.05, 4.69) is 6.92 Å². The van der Waals surface area contributed by atoms with E-state index >= 15 is 0 Å². The van der Waals surface area contributed by atoms with Crippen molar-refractivity contribution < 1.29 is 15.0 Å². The highest BCUT2D eigenvalue weighted by molar-refractivity contribution is 7.99. The van der Waals surface area contributed by atoms with Crippen molar-refractivity contribution in [3.8, 4) is 0 Å². The highest BCUT2D eigenvalue weighted by Gasteiger charge is 2.11. The van der Waals surface area contributed by atoms with Gasteiger partial charge in [0.05, 0.1) is 6.10 Å². The topological polar surface area (TPSA) is 83.5 Å². The molecule has 114 valence electrons. The molecule has 2 unspecified atom stereocenters. The lowest BCUT2D eigenvalue weighted by Crippen LogP contribution is -2.30. The van der Waals surface area contributed by atoms with Gasteiger partial charge in [-0.05, 0) is 18.6 Å². The van der Waals surface area contributed by atoms with Crippen LogP contribution in [0.3, 0.4) is 0 Å². The number of aliphatic carboxylic acids is 1. The first-order valence-corrected chi connectivity index (χ1v) is 8.47. The van der Waals surface area contributed by atoms with Crippen LogP contribution in [-0.2, 0) is 4.79 Å². The van der Waals surface area contributed by atoms with Crippen LogP contribution in [0.1, 0.15) is 58.3 Å². The third-order valence-electron chi connectivity index (χ3n) is 3.09. The predicted octanol–water partition coefficient (Wildman–Crippen LogP) is 2.63. The largest absolute Gasteiger partial charge is 0.480 e. The molecule has 0 rings (SSSR count). The fourth-order valence-corrected chi connectivity index (χ4v) is 2.82. The summed E-state index contributed by atoms with van der Waals surface area (Å²) in [6.07, 6.45) is 8.46. The van der Waals surface area contributed by atoms with Crippen molar-refractivity contribution >= 4 is 17.7 Å². The molecule has 0 aliphatic carbocycles. The number of carboxylic acids is 1. The predicted molar refractivity (Wildman–Crippen MR) is 81.6 cm³/mol. The summed E-state index contributed by atoms with van der Waals surface area (Å²) >= 11 is 1.59. The van der Waals surface area contributed by atoms with Crippen molar-refractivity contribution in [2.45, 2.75) is 70.4 Å². The summed E-state index contributed by atoms with van der Waals surface area (Å²) in [6.45, 7) is 2.21. The van der Waals surface area contributed by atoms with Gasteiger partial charge in [-0.1, -0.05) is 45.4 Å². The molecule has 19 heavy (non-hydrogen) atoms. The fourth-order valence-electron chi connectivity index (χ4n) is 1.80.